The minimum absolute atomic E-state index is 0.767. The lowest BCUT2D eigenvalue weighted by molar-refractivity contribution is 0.304. The molecule has 0 aliphatic heterocycles. The van der Waals surface area contributed by atoms with Gasteiger partial charge in [0.1, 0.15) is 11.5 Å². The van der Waals surface area contributed by atoms with Gasteiger partial charge >= 0.3 is 0 Å². The number of ether oxygens (including phenoxy) is 2. The third-order valence-corrected chi connectivity index (χ3v) is 6.52. The number of hydrogen-bond acceptors (Lipinski definition) is 2. The number of fused-ring (bicyclic) bond motifs is 1. The first-order valence-corrected chi connectivity index (χ1v) is 13.8. The van der Waals surface area contributed by atoms with E-state index in [0.29, 0.717) is 0 Å². The van der Waals surface area contributed by atoms with Gasteiger partial charge in [-0.25, -0.2) is 0 Å². The first kappa shape index (κ1) is 26.4. The van der Waals surface area contributed by atoms with Crippen molar-refractivity contribution in [2.75, 3.05) is 13.2 Å². The lowest BCUT2D eigenvalue weighted by atomic mass is 10.0. The molecule has 0 N–H and O–H groups in total. The lowest BCUT2D eigenvalue weighted by Crippen LogP contribution is -1.97. The average Bonchev–Trinajstić information content (AvgIpc) is 2.94. The zero-order valence-electron chi connectivity index (χ0n) is 22.3. The summed E-state index contributed by atoms with van der Waals surface area (Å²) in [6.45, 7) is 5.98. The molecule has 0 bridgehead atoms. The van der Waals surface area contributed by atoms with Crippen LogP contribution in [-0.2, 0) is 0 Å². The molecule has 2 heteroatoms. The fourth-order valence-corrected chi connectivity index (χ4v) is 4.26. The third-order valence-electron chi connectivity index (χ3n) is 6.52. The van der Waals surface area contributed by atoms with Crippen LogP contribution in [0.2, 0.25) is 0 Å². The standard InChI is InChI=1S/C35H38O2/c1-3-5-7-8-9-25-36-34-21-18-31(19-22-34)30-15-12-28(13-16-30)10-11-29-14-17-33-27-35(37-24-6-4-2)23-20-32(33)26-29/h12-23,26-27H,3-9,24-25H2,1-2H3. The Morgan fingerprint density at radius 2 is 1.03 bits per heavy atom. The first-order valence-electron chi connectivity index (χ1n) is 13.8. The fourth-order valence-electron chi connectivity index (χ4n) is 4.26. The number of hydrogen-bond donors (Lipinski definition) is 0. The monoisotopic (exact) mass is 490 g/mol. The molecule has 0 fully saturated rings. The maximum absolute atomic E-state index is 5.90. The quantitative estimate of drug-likeness (QED) is 0.145. The van der Waals surface area contributed by atoms with E-state index in [-0.39, 0.29) is 0 Å². The third kappa shape index (κ3) is 8.16. The van der Waals surface area contributed by atoms with E-state index in [1.165, 1.54) is 47.6 Å². The van der Waals surface area contributed by atoms with Gasteiger partial charge in [-0.05, 0) is 83.3 Å². The normalized spacial score (nSPS) is 10.6. The van der Waals surface area contributed by atoms with Gasteiger partial charge in [0.05, 0.1) is 13.2 Å². The molecule has 0 radical (unpaired) electrons. The summed E-state index contributed by atoms with van der Waals surface area (Å²) in [5.41, 5.74) is 4.38. The minimum Gasteiger partial charge on any atom is -0.494 e. The first-order chi connectivity index (χ1) is 18.2. The molecule has 0 unspecified atom stereocenters. The van der Waals surface area contributed by atoms with Gasteiger partial charge in [0.15, 0.2) is 0 Å². The molecule has 0 aromatic heterocycles. The summed E-state index contributed by atoms with van der Waals surface area (Å²) in [5, 5.41) is 2.35. The molecule has 4 rings (SSSR count). The van der Waals surface area contributed by atoms with Crippen LogP contribution in [0.5, 0.6) is 11.5 Å². The van der Waals surface area contributed by atoms with E-state index in [4.69, 9.17) is 9.47 Å². The average molecular weight is 491 g/mol. The smallest absolute Gasteiger partial charge is 0.119 e. The molecular weight excluding hydrogens is 452 g/mol. The van der Waals surface area contributed by atoms with Gasteiger partial charge in [-0.3, -0.25) is 0 Å². The van der Waals surface area contributed by atoms with E-state index in [1.807, 2.05) is 6.07 Å². The SMILES string of the molecule is CCCCCCCOc1ccc(-c2ccc(C#Cc3ccc4cc(OCCCC)ccc4c3)cc2)cc1. The molecule has 0 spiro atoms. The van der Waals surface area contributed by atoms with Crippen LogP contribution in [-0.4, -0.2) is 13.2 Å². The Labute approximate surface area is 222 Å². The molecule has 37 heavy (non-hydrogen) atoms. The van der Waals surface area contributed by atoms with E-state index in [9.17, 15) is 0 Å². The molecule has 0 aliphatic carbocycles. The second-order valence-corrected chi connectivity index (χ2v) is 9.54. The van der Waals surface area contributed by atoms with Gasteiger partial charge in [-0.15, -0.1) is 0 Å². The molecule has 190 valence electrons. The predicted octanol–water partition coefficient (Wildman–Crippen LogP) is 9.43. The van der Waals surface area contributed by atoms with Gasteiger partial charge in [0.2, 0.25) is 0 Å². The van der Waals surface area contributed by atoms with Crippen molar-refractivity contribution in [3.63, 3.8) is 0 Å². The van der Waals surface area contributed by atoms with Crippen molar-refractivity contribution in [1.29, 1.82) is 0 Å². The molecule has 0 saturated carbocycles. The predicted molar refractivity (Wildman–Crippen MR) is 156 cm³/mol. The lowest BCUT2D eigenvalue weighted by Gasteiger charge is -2.07. The highest BCUT2D eigenvalue weighted by Gasteiger charge is 2.01. The summed E-state index contributed by atoms with van der Waals surface area (Å²) in [5.74, 6) is 8.49. The zero-order valence-corrected chi connectivity index (χ0v) is 22.3. The van der Waals surface area contributed by atoms with Crippen LogP contribution in [0.15, 0.2) is 84.9 Å². The molecule has 0 atom stereocenters. The Morgan fingerprint density at radius 1 is 0.486 bits per heavy atom. The second-order valence-electron chi connectivity index (χ2n) is 9.54. The zero-order chi connectivity index (χ0) is 25.7. The molecule has 4 aromatic rings. The summed E-state index contributed by atoms with van der Waals surface area (Å²) in [4.78, 5) is 0. The van der Waals surface area contributed by atoms with Crippen molar-refractivity contribution < 1.29 is 9.47 Å². The highest BCUT2D eigenvalue weighted by Crippen LogP contribution is 2.24. The van der Waals surface area contributed by atoms with Gasteiger partial charge in [0, 0.05) is 11.1 Å². The van der Waals surface area contributed by atoms with Crippen LogP contribution in [0.1, 0.15) is 69.9 Å². The van der Waals surface area contributed by atoms with Gasteiger partial charge in [-0.1, -0.05) is 94.2 Å². The van der Waals surface area contributed by atoms with Crippen molar-refractivity contribution in [2.45, 2.75) is 58.8 Å². The van der Waals surface area contributed by atoms with Gasteiger partial charge < -0.3 is 9.47 Å². The van der Waals surface area contributed by atoms with E-state index < -0.39 is 0 Å². The molecule has 0 heterocycles. The van der Waals surface area contributed by atoms with Gasteiger partial charge in [0.25, 0.3) is 0 Å². The Hall–Kier alpha value is -3.70. The summed E-state index contributed by atoms with van der Waals surface area (Å²) in [7, 11) is 0. The number of unbranched alkanes of at least 4 members (excludes halogenated alkanes) is 5. The molecule has 0 saturated heterocycles. The van der Waals surface area contributed by atoms with E-state index in [0.717, 1.165) is 55.1 Å². The Kier molecular flexibility index (Phi) is 10.1. The Bertz CT molecular complexity index is 1310. The maximum atomic E-state index is 5.90. The maximum Gasteiger partial charge on any atom is 0.119 e. The molecule has 0 amide bonds. The van der Waals surface area contributed by atoms with Crippen LogP contribution in [0.25, 0.3) is 21.9 Å². The molecule has 4 aromatic carbocycles. The molecule has 2 nitrogen and oxygen atoms in total. The van der Waals surface area contributed by atoms with E-state index >= 15 is 0 Å². The van der Waals surface area contributed by atoms with Crippen LogP contribution >= 0.6 is 0 Å². The van der Waals surface area contributed by atoms with E-state index in [1.54, 1.807) is 0 Å². The van der Waals surface area contributed by atoms with Crippen molar-refractivity contribution in [3.8, 4) is 34.5 Å². The van der Waals surface area contributed by atoms with E-state index in [2.05, 4.69) is 105 Å². The van der Waals surface area contributed by atoms with Crippen molar-refractivity contribution in [1.82, 2.24) is 0 Å². The number of rotatable bonds is 12. The highest BCUT2D eigenvalue weighted by molar-refractivity contribution is 5.85. The van der Waals surface area contributed by atoms with Crippen molar-refractivity contribution in [3.05, 3.63) is 96.1 Å². The van der Waals surface area contributed by atoms with Crippen molar-refractivity contribution >= 4 is 10.8 Å². The number of benzene rings is 4. The van der Waals surface area contributed by atoms with Crippen LogP contribution in [0.3, 0.4) is 0 Å². The van der Waals surface area contributed by atoms with Crippen LogP contribution in [0, 0.1) is 11.8 Å². The van der Waals surface area contributed by atoms with Crippen LogP contribution < -0.4 is 9.47 Å². The van der Waals surface area contributed by atoms with Crippen LogP contribution in [0.4, 0.5) is 0 Å². The minimum atomic E-state index is 0.767. The summed E-state index contributed by atoms with van der Waals surface area (Å²) < 4.78 is 11.7. The largest absolute Gasteiger partial charge is 0.494 e. The fraction of sp³-hybridized carbons (Fsp3) is 0.314. The Morgan fingerprint density at radius 3 is 1.78 bits per heavy atom. The Balaban J connectivity index is 1.33. The second kappa shape index (κ2) is 14.1. The molecule has 0 aliphatic rings. The summed E-state index contributed by atoms with van der Waals surface area (Å²) >= 11 is 0. The van der Waals surface area contributed by atoms with Crippen molar-refractivity contribution in [2.24, 2.45) is 0 Å². The highest BCUT2D eigenvalue weighted by atomic mass is 16.5. The summed E-state index contributed by atoms with van der Waals surface area (Å²) in [6.07, 6.45) is 8.48. The molecular formula is C35H38O2. The topological polar surface area (TPSA) is 18.5 Å². The summed E-state index contributed by atoms with van der Waals surface area (Å²) in [6, 6.07) is 29.4. The van der Waals surface area contributed by atoms with Gasteiger partial charge in [-0.2, -0.15) is 0 Å².